The number of halogens is 2. The van der Waals surface area contributed by atoms with Crippen LogP contribution in [0.4, 0.5) is 14.5 Å². The number of aromatic nitrogens is 1. The number of rotatable bonds is 7. The van der Waals surface area contributed by atoms with E-state index in [0.29, 0.717) is 12.0 Å². The SMILES string of the molecule is CCC(=O)N(C)c1ccc(-c2ccc(C(=O)CCc3ccc(F)nc3F)cc2)cc1. The zero-order valence-corrected chi connectivity index (χ0v) is 16.9. The van der Waals surface area contributed by atoms with Gasteiger partial charge in [-0.2, -0.15) is 13.8 Å². The molecule has 0 aliphatic heterocycles. The van der Waals surface area contributed by atoms with Crippen LogP contribution in [0.2, 0.25) is 0 Å². The molecular weight excluding hydrogens is 386 g/mol. The lowest BCUT2D eigenvalue weighted by molar-refractivity contribution is -0.118. The zero-order valence-electron chi connectivity index (χ0n) is 16.9. The monoisotopic (exact) mass is 408 g/mol. The van der Waals surface area contributed by atoms with E-state index < -0.39 is 11.9 Å². The molecule has 0 radical (unpaired) electrons. The first-order chi connectivity index (χ1) is 14.4. The minimum Gasteiger partial charge on any atom is -0.316 e. The van der Waals surface area contributed by atoms with Gasteiger partial charge in [0.2, 0.25) is 17.8 Å². The smallest absolute Gasteiger partial charge is 0.226 e. The van der Waals surface area contributed by atoms with Gasteiger partial charge in [-0.25, -0.2) is 0 Å². The Morgan fingerprint density at radius 2 is 1.50 bits per heavy atom. The summed E-state index contributed by atoms with van der Waals surface area (Å²) in [5, 5.41) is 0. The van der Waals surface area contributed by atoms with Crippen molar-refractivity contribution in [2.45, 2.75) is 26.2 Å². The van der Waals surface area contributed by atoms with Gasteiger partial charge in [-0.15, -0.1) is 0 Å². The molecule has 0 fully saturated rings. The maximum Gasteiger partial charge on any atom is 0.226 e. The fourth-order valence-corrected chi connectivity index (χ4v) is 3.13. The predicted octanol–water partition coefficient (Wildman–Crippen LogP) is 5.22. The molecule has 1 aromatic heterocycles. The van der Waals surface area contributed by atoms with Crippen molar-refractivity contribution in [1.29, 1.82) is 0 Å². The lowest BCUT2D eigenvalue weighted by Gasteiger charge is -2.16. The number of hydrogen-bond acceptors (Lipinski definition) is 3. The number of anilines is 1. The molecule has 30 heavy (non-hydrogen) atoms. The molecule has 0 N–H and O–H groups in total. The number of nitrogens with zero attached hydrogens (tertiary/aromatic N) is 2. The fraction of sp³-hybridized carbons (Fsp3) is 0.208. The van der Waals surface area contributed by atoms with E-state index in [4.69, 9.17) is 0 Å². The van der Waals surface area contributed by atoms with Crippen molar-refractivity contribution < 1.29 is 18.4 Å². The van der Waals surface area contributed by atoms with Gasteiger partial charge in [-0.05, 0) is 41.8 Å². The number of aryl methyl sites for hydroxylation is 1. The number of carbonyl (C=O) groups is 2. The molecule has 0 bridgehead atoms. The quantitative estimate of drug-likeness (QED) is 0.398. The third-order valence-electron chi connectivity index (χ3n) is 4.98. The van der Waals surface area contributed by atoms with Crippen LogP contribution >= 0.6 is 0 Å². The molecule has 0 aliphatic carbocycles. The summed E-state index contributed by atoms with van der Waals surface area (Å²) in [6.07, 6.45) is 0.708. The highest BCUT2D eigenvalue weighted by atomic mass is 19.1. The van der Waals surface area contributed by atoms with Crippen LogP contribution in [0, 0.1) is 11.9 Å². The topological polar surface area (TPSA) is 50.3 Å². The van der Waals surface area contributed by atoms with Crippen molar-refractivity contribution in [3.8, 4) is 11.1 Å². The number of carbonyl (C=O) groups excluding carboxylic acids is 2. The Bertz CT molecular complexity index is 1050. The van der Waals surface area contributed by atoms with E-state index in [0.717, 1.165) is 22.9 Å². The summed E-state index contributed by atoms with van der Waals surface area (Å²) < 4.78 is 26.5. The lowest BCUT2D eigenvalue weighted by atomic mass is 9.99. The lowest BCUT2D eigenvalue weighted by Crippen LogP contribution is -2.24. The maximum absolute atomic E-state index is 13.6. The molecule has 0 spiro atoms. The van der Waals surface area contributed by atoms with Gasteiger partial charge < -0.3 is 4.90 Å². The summed E-state index contributed by atoms with van der Waals surface area (Å²) in [5.41, 5.74) is 3.47. The van der Waals surface area contributed by atoms with Crippen LogP contribution in [0.25, 0.3) is 11.1 Å². The highest BCUT2D eigenvalue weighted by molar-refractivity contribution is 5.96. The average molecular weight is 408 g/mol. The van der Waals surface area contributed by atoms with E-state index in [1.54, 1.807) is 24.1 Å². The van der Waals surface area contributed by atoms with E-state index in [9.17, 15) is 18.4 Å². The minimum absolute atomic E-state index is 0.0434. The molecular formula is C24H22F2N2O2. The summed E-state index contributed by atoms with van der Waals surface area (Å²) in [4.78, 5) is 29.0. The third-order valence-corrected chi connectivity index (χ3v) is 4.98. The highest BCUT2D eigenvalue weighted by Gasteiger charge is 2.11. The van der Waals surface area contributed by atoms with Crippen molar-refractivity contribution in [2.24, 2.45) is 0 Å². The number of hydrogen-bond donors (Lipinski definition) is 0. The summed E-state index contributed by atoms with van der Waals surface area (Å²) >= 11 is 0. The molecule has 0 unspecified atom stereocenters. The first kappa shape index (κ1) is 21.3. The number of amides is 1. The fourth-order valence-electron chi connectivity index (χ4n) is 3.13. The normalized spacial score (nSPS) is 10.7. The number of pyridine rings is 1. The second-order valence-corrected chi connectivity index (χ2v) is 6.94. The molecule has 1 heterocycles. The Labute approximate surface area is 174 Å². The summed E-state index contributed by atoms with van der Waals surface area (Å²) in [5.74, 6) is -1.84. The molecule has 0 saturated carbocycles. The number of benzene rings is 2. The zero-order chi connectivity index (χ0) is 21.7. The Morgan fingerprint density at radius 3 is 2.07 bits per heavy atom. The van der Waals surface area contributed by atoms with Crippen LogP contribution in [-0.4, -0.2) is 23.7 Å². The Morgan fingerprint density at radius 1 is 0.900 bits per heavy atom. The molecule has 1 amide bonds. The van der Waals surface area contributed by atoms with E-state index in [-0.39, 0.29) is 30.1 Å². The largest absolute Gasteiger partial charge is 0.316 e. The molecule has 0 aliphatic rings. The predicted molar refractivity (Wildman–Crippen MR) is 112 cm³/mol. The maximum atomic E-state index is 13.6. The van der Waals surface area contributed by atoms with Gasteiger partial charge in [0.05, 0.1) is 0 Å². The van der Waals surface area contributed by atoms with Crippen LogP contribution in [0.15, 0.2) is 60.7 Å². The van der Waals surface area contributed by atoms with Gasteiger partial charge in [-0.3, -0.25) is 9.59 Å². The molecule has 0 saturated heterocycles. The van der Waals surface area contributed by atoms with Crippen LogP contribution in [0.3, 0.4) is 0 Å². The van der Waals surface area contributed by atoms with Crippen molar-refractivity contribution in [3.05, 3.63) is 83.7 Å². The minimum atomic E-state index is -0.882. The molecule has 2 aromatic carbocycles. The summed E-state index contributed by atoms with van der Waals surface area (Å²) in [6, 6.07) is 17.2. The van der Waals surface area contributed by atoms with Crippen LogP contribution in [0.5, 0.6) is 0 Å². The molecule has 3 aromatic rings. The van der Waals surface area contributed by atoms with Gasteiger partial charge in [0.15, 0.2) is 5.78 Å². The van der Waals surface area contributed by atoms with Crippen LogP contribution < -0.4 is 4.90 Å². The van der Waals surface area contributed by atoms with E-state index in [1.807, 2.05) is 43.3 Å². The molecule has 0 atom stereocenters. The Kier molecular flexibility index (Phi) is 6.67. The molecule has 4 nitrogen and oxygen atoms in total. The third kappa shape index (κ3) is 4.95. The second-order valence-electron chi connectivity index (χ2n) is 6.94. The molecule has 3 rings (SSSR count). The standard InChI is InChI=1S/C24H22F2N2O2/c1-3-23(30)28(2)20-12-8-17(9-13-20)16-4-6-18(7-5-16)21(29)14-10-19-11-15-22(25)27-24(19)26/h4-9,11-13,15H,3,10,14H2,1-2H3. The highest BCUT2D eigenvalue weighted by Crippen LogP contribution is 2.24. The summed E-state index contributed by atoms with van der Waals surface area (Å²) in [6.45, 7) is 1.82. The van der Waals surface area contributed by atoms with Gasteiger partial charge >= 0.3 is 0 Å². The average Bonchev–Trinajstić information content (AvgIpc) is 2.77. The van der Waals surface area contributed by atoms with Crippen molar-refractivity contribution >= 4 is 17.4 Å². The van der Waals surface area contributed by atoms with E-state index in [2.05, 4.69) is 4.98 Å². The van der Waals surface area contributed by atoms with E-state index >= 15 is 0 Å². The Balaban J connectivity index is 1.65. The first-order valence-corrected chi connectivity index (χ1v) is 9.70. The first-order valence-electron chi connectivity index (χ1n) is 9.70. The van der Waals surface area contributed by atoms with Crippen molar-refractivity contribution in [3.63, 3.8) is 0 Å². The molecule has 6 heteroatoms. The molecule has 154 valence electrons. The van der Waals surface area contributed by atoms with Crippen LogP contribution in [-0.2, 0) is 11.2 Å². The van der Waals surface area contributed by atoms with E-state index in [1.165, 1.54) is 6.07 Å². The van der Waals surface area contributed by atoms with Crippen LogP contribution in [0.1, 0.15) is 35.7 Å². The summed E-state index contributed by atoms with van der Waals surface area (Å²) in [7, 11) is 1.75. The second kappa shape index (κ2) is 9.39. The van der Waals surface area contributed by atoms with Crippen molar-refractivity contribution in [1.82, 2.24) is 4.98 Å². The van der Waals surface area contributed by atoms with Gasteiger partial charge in [0, 0.05) is 36.7 Å². The van der Waals surface area contributed by atoms with Gasteiger partial charge in [0.25, 0.3) is 0 Å². The number of ketones is 1. The Hall–Kier alpha value is -3.41. The van der Waals surface area contributed by atoms with Crippen molar-refractivity contribution in [2.75, 3.05) is 11.9 Å². The number of Topliss-reactive ketones (excluding diaryl/α,β-unsaturated/α-hetero) is 1. The van der Waals surface area contributed by atoms with Gasteiger partial charge in [0.1, 0.15) is 0 Å². The van der Waals surface area contributed by atoms with Gasteiger partial charge in [-0.1, -0.05) is 43.3 Å².